The molecule has 0 radical (unpaired) electrons. The van der Waals surface area contributed by atoms with Crippen molar-refractivity contribution in [1.82, 2.24) is 11.0 Å². The first-order chi connectivity index (χ1) is 4.63. The van der Waals surface area contributed by atoms with Crippen molar-refractivity contribution in [2.24, 2.45) is 11.5 Å². The van der Waals surface area contributed by atoms with Gasteiger partial charge in [0.25, 0.3) is 0 Å². The van der Waals surface area contributed by atoms with Crippen LogP contribution < -0.4 is 22.4 Å². The van der Waals surface area contributed by atoms with E-state index in [1.165, 1.54) is 0 Å². The van der Waals surface area contributed by atoms with Gasteiger partial charge in [-0.05, 0) is 0 Å². The first kappa shape index (κ1) is 8.46. The van der Waals surface area contributed by atoms with Gasteiger partial charge in [0.05, 0.1) is 0 Å². The van der Waals surface area contributed by atoms with E-state index in [2.05, 4.69) is 9.98 Å². The van der Waals surface area contributed by atoms with Crippen LogP contribution in [0.2, 0.25) is 0 Å². The molecule has 0 rings (SSSR count). The summed E-state index contributed by atoms with van der Waals surface area (Å²) in [6.45, 7) is 0. The molecule has 0 fully saturated rings. The van der Waals surface area contributed by atoms with Crippen LogP contribution in [0, 0.1) is 10.8 Å². The molecule has 0 amide bonds. The lowest BCUT2D eigenvalue weighted by atomic mass is 11.1. The average molecular weight is 148 g/mol. The summed E-state index contributed by atoms with van der Waals surface area (Å²) < 4.78 is 0. The van der Waals surface area contributed by atoms with Crippen LogP contribution in [0.5, 0.6) is 0 Å². The second-order valence-corrected chi connectivity index (χ2v) is 1.20. The molecule has 0 aliphatic rings. The Morgan fingerprint density at radius 3 is 1.50 bits per heavy atom. The van der Waals surface area contributed by atoms with Crippen LogP contribution in [0.1, 0.15) is 0 Å². The molecule has 0 atom stereocenters. The highest BCUT2D eigenvalue weighted by atomic mass is 17.3. The molecule has 8 N–H and O–H groups in total. The molecule has 0 aromatic carbocycles. The fraction of sp³-hybridized carbons (Fsp3) is 0. The summed E-state index contributed by atoms with van der Waals surface area (Å²) in [6.07, 6.45) is 0. The second kappa shape index (κ2) is 4.35. The van der Waals surface area contributed by atoms with E-state index in [4.69, 9.17) is 22.3 Å². The summed E-state index contributed by atoms with van der Waals surface area (Å²) in [6, 6.07) is 0. The number of guanidine groups is 2. The number of nitrogens with one attached hydrogen (secondary N) is 4. The Hall–Kier alpha value is -1.54. The fourth-order valence-corrected chi connectivity index (χ4v) is 0.131. The summed E-state index contributed by atoms with van der Waals surface area (Å²) in [4.78, 5) is 7.95. The second-order valence-electron chi connectivity index (χ2n) is 1.20. The van der Waals surface area contributed by atoms with E-state index >= 15 is 0 Å². The van der Waals surface area contributed by atoms with Gasteiger partial charge in [-0.25, -0.2) is 11.0 Å². The zero-order chi connectivity index (χ0) is 7.98. The van der Waals surface area contributed by atoms with E-state index in [1.807, 2.05) is 11.0 Å². The highest BCUT2D eigenvalue weighted by molar-refractivity contribution is 5.73. The number of hydrogen-bond donors (Lipinski definition) is 6. The van der Waals surface area contributed by atoms with Crippen LogP contribution >= 0.6 is 0 Å². The minimum atomic E-state index is -0.426. The predicted molar refractivity (Wildman–Crippen MR) is 32.3 cm³/mol. The van der Waals surface area contributed by atoms with E-state index < -0.39 is 11.9 Å². The minimum absolute atomic E-state index is 0.426. The van der Waals surface area contributed by atoms with Gasteiger partial charge < -0.3 is 11.5 Å². The molecule has 0 aliphatic heterocycles. The zero-order valence-electron chi connectivity index (χ0n) is 4.97. The van der Waals surface area contributed by atoms with Gasteiger partial charge in [-0.3, -0.25) is 10.8 Å². The number of hydroxylamine groups is 2. The molecule has 0 heterocycles. The topological polar surface area (TPSA) is 142 Å². The molecule has 0 saturated heterocycles. The van der Waals surface area contributed by atoms with Crippen LogP contribution in [0.15, 0.2) is 0 Å². The van der Waals surface area contributed by atoms with Gasteiger partial charge in [-0.15, -0.1) is 0 Å². The van der Waals surface area contributed by atoms with Gasteiger partial charge in [0, 0.05) is 0 Å². The minimum Gasteiger partial charge on any atom is -0.368 e. The Kier molecular flexibility index (Phi) is 3.68. The van der Waals surface area contributed by atoms with Crippen molar-refractivity contribution in [2.45, 2.75) is 0 Å². The van der Waals surface area contributed by atoms with Crippen molar-refractivity contribution in [3.63, 3.8) is 0 Å². The third-order valence-corrected chi connectivity index (χ3v) is 0.345. The monoisotopic (exact) mass is 148 g/mol. The van der Waals surface area contributed by atoms with Crippen molar-refractivity contribution in [1.29, 1.82) is 10.8 Å². The van der Waals surface area contributed by atoms with Gasteiger partial charge in [-0.1, -0.05) is 9.98 Å². The Morgan fingerprint density at radius 1 is 1.00 bits per heavy atom. The molecule has 0 unspecified atom stereocenters. The van der Waals surface area contributed by atoms with E-state index in [9.17, 15) is 0 Å². The lowest BCUT2D eigenvalue weighted by Gasteiger charge is -2.02. The standard InChI is InChI=1S/C2H8N6O2/c3-1(4)7-9-10-8-2(5)6/h(H4,3,4,7)(H4,5,6,8). The summed E-state index contributed by atoms with van der Waals surface area (Å²) >= 11 is 0. The average Bonchev–Trinajstić information content (AvgIpc) is 1.79. The molecule has 0 spiro atoms. The predicted octanol–water partition coefficient (Wildman–Crippen LogP) is -2.27. The maximum Gasteiger partial charge on any atom is 0.212 e. The van der Waals surface area contributed by atoms with Crippen molar-refractivity contribution >= 4 is 11.9 Å². The third-order valence-electron chi connectivity index (χ3n) is 0.345. The van der Waals surface area contributed by atoms with Crippen molar-refractivity contribution in [2.75, 3.05) is 0 Å². The van der Waals surface area contributed by atoms with Crippen molar-refractivity contribution in [3.05, 3.63) is 0 Å². The van der Waals surface area contributed by atoms with Crippen LogP contribution in [0.3, 0.4) is 0 Å². The van der Waals surface area contributed by atoms with E-state index in [-0.39, 0.29) is 0 Å². The van der Waals surface area contributed by atoms with Gasteiger partial charge in [0.2, 0.25) is 11.9 Å². The Balaban J connectivity index is 3.06. The fourth-order valence-electron chi connectivity index (χ4n) is 0.131. The molecule has 0 bridgehead atoms. The van der Waals surface area contributed by atoms with E-state index in [0.717, 1.165) is 0 Å². The Bertz CT molecular complexity index is 118. The first-order valence-electron chi connectivity index (χ1n) is 2.15. The van der Waals surface area contributed by atoms with E-state index in [1.54, 1.807) is 0 Å². The molecule has 0 aromatic heterocycles. The lowest BCUT2D eigenvalue weighted by Crippen LogP contribution is -2.36. The molecule has 10 heavy (non-hydrogen) atoms. The van der Waals surface area contributed by atoms with E-state index in [0.29, 0.717) is 0 Å². The summed E-state index contributed by atoms with van der Waals surface area (Å²) in [5, 5.41) is 13.1. The molecule has 0 aromatic rings. The highest BCUT2D eigenvalue weighted by Crippen LogP contribution is 1.62. The molecule has 8 nitrogen and oxygen atoms in total. The van der Waals surface area contributed by atoms with Crippen LogP contribution in [0.4, 0.5) is 0 Å². The number of hydrogen-bond acceptors (Lipinski definition) is 4. The number of nitrogens with two attached hydrogens (primary N) is 2. The third kappa shape index (κ3) is 6.46. The quantitative estimate of drug-likeness (QED) is 0.0875. The maximum absolute atomic E-state index is 6.53. The summed E-state index contributed by atoms with van der Waals surface area (Å²) in [7, 11) is 0. The highest BCUT2D eigenvalue weighted by Gasteiger charge is 1.87. The van der Waals surface area contributed by atoms with Crippen molar-refractivity contribution < 1.29 is 9.98 Å². The zero-order valence-corrected chi connectivity index (χ0v) is 4.97. The normalized spacial score (nSPS) is 8.40. The van der Waals surface area contributed by atoms with Gasteiger partial charge in [0.1, 0.15) is 0 Å². The SMILES string of the molecule is N=C(N)NOONC(=N)N. The van der Waals surface area contributed by atoms with Crippen LogP contribution in [-0.4, -0.2) is 11.9 Å². The lowest BCUT2D eigenvalue weighted by molar-refractivity contribution is -0.347. The molecule has 58 valence electrons. The van der Waals surface area contributed by atoms with Crippen LogP contribution in [-0.2, 0) is 9.98 Å². The number of rotatable bonds is 3. The molecular formula is C2H8N6O2. The van der Waals surface area contributed by atoms with Crippen LogP contribution in [0.25, 0.3) is 0 Å². The summed E-state index contributed by atoms with van der Waals surface area (Å²) in [5.41, 5.74) is 13.2. The molecular weight excluding hydrogens is 140 g/mol. The first-order valence-corrected chi connectivity index (χ1v) is 2.15. The van der Waals surface area contributed by atoms with Crippen molar-refractivity contribution in [3.8, 4) is 0 Å². The molecule has 0 aliphatic carbocycles. The smallest absolute Gasteiger partial charge is 0.212 e. The molecule has 0 saturated carbocycles. The molecule has 8 heteroatoms. The van der Waals surface area contributed by atoms with Gasteiger partial charge in [-0.2, -0.15) is 0 Å². The largest absolute Gasteiger partial charge is 0.368 e. The maximum atomic E-state index is 6.53. The summed E-state index contributed by atoms with van der Waals surface area (Å²) in [5.74, 6) is -0.851. The Labute approximate surface area is 56.3 Å². The Morgan fingerprint density at radius 2 is 1.30 bits per heavy atom. The van der Waals surface area contributed by atoms with Gasteiger partial charge in [0.15, 0.2) is 0 Å². The van der Waals surface area contributed by atoms with Gasteiger partial charge >= 0.3 is 0 Å².